The molecule has 2 fully saturated rings. The lowest BCUT2D eigenvalue weighted by molar-refractivity contribution is -0.134. The van der Waals surface area contributed by atoms with Crippen molar-refractivity contribution in [1.29, 1.82) is 0 Å². The third-order valence-electron chi connectivity index (χ3n) is 3.11. The maximum Gasteiger partial charge on any atom is 0.228 e. The van der Waals surface area contributed by atoms with Gasteiger partial charge in [-0.15, -0.1) is 12.4 Å². The highest BCUT2D eigenvalue weighted by atomic mass is 35.5. The van der Waals surface area contributed by atoms with Crippen molar-refractivity contribution in [3.63, 3.8) is 0 Å². The van der Waals surface area contributed by atoms with Crippen molar-refractivity contribution in [3.05, 3.63) is 0 Å². The first-order valence-corrected chi connectivity index (χ1v) is 5.86. The molecule has 2 aliphatic rings. The van der Waals surface area contributed by atoms with E-state index in [0.717, 1.165) is 26.1 Å². The van der Waals surface area contributed by atoms with Crippen LogP contribution in [0.3, 0.4) is 0 Å². The fourth-order valence-corrected chi connectivity index (χ4v) is 2.20. The van der Waals surface area contributed by atoms with Crippen molar-refractivity contribution in [2.45, 2.75) is 32.4 Å². The minimum Gasteiger partial charge on any atom is -0.378 e. The standard InChI is InChI=1S/C11H20N2O2.ClH/c1-3-15-10-6-9(10)11(14)13-5-4-12-8(2)7-13;/h8-10,12H,3-7H2,1-2H3;1H. The van der Waals surface area contributed by atoms with Crippen molar-refractivity contribution in [3.8, 4) is 0 Å². The molecule has 3 atom stereocenters. The van der Waals surface area contributed by atoms with Gasteiger partial charge in [0.25, 0.3) is 0 Å². The summed E-state index contributed by atoms with van der Waals surface area (Å²) >= 11 is 0. The summed E-state index contributed by atoms with van der Waals surface area (Å²) in [5.74, 6) is 0.442. The molecular weight excluding hydrogens is 228 g/mol. The minimum atomic E-state index is 0. The Kier molecular flexibility index (Phi) is 5.02. The fourth-order valence-electron chi connectivity index (χ4n) is 2.20. The van der Waals surface area contributed by atoms with Crippen LogP contribution < -0.4 is 5.32 Å². The van der Waals surface area contributed by atoms with Crippen LogP contribution in [0.2, 0.25) is 0 Å². The number of amides is 1. The van der Waals surface area contributed by atoms with Gasteiger partial charge in [-0.3, -0.25) is 4.79 Å². The maximum absolute atomic E-state index is 12.0. The number of ether oxygens (including phenoxy) is 1. The predicted octanol–water partition coefficient (Wildman–Crippen LogP) is 0.654. The van der Waals surface area contributed by atoms with Crippen LogP contribution in [0.25, 0.3) is 0 Å². The normalized spacial score (nSPS) is 33.1. The van der Waals surface area contributed by atoms with Crippen LogP contribution >= 0.6 is 12.4 Å². The van der Waals surface area contributed by atoms with Gasteiger partial charge in [0.05, 0.1) is 12.0 Å². The Labute approximate surface area is 103 Å². The van der Waals surface area contributed by atoms with Crippen molar-refractivity contribution in [2.75, 3.05) is 26.2 Å². The zero-order valence-electron chi connectivity index (χ0n) is 9.94. The zero-order chi connectivity index (χ0) is 10.8. The fraction of sp³-hybridized carbons (Fsp3) is 0.909. The first kappa shape index (κ1) is 13.7. The van der Waals surface area contributed by atoms with Gasteiger partial charge in [0.2, 0.25) is 5.91 Å². The molecule has 4 nitrogen and oxygen atoms in total. The monoisotopic (exact) mass is 248 g/mol. The Hall–Kier alpha value is -0.320. The number of hydrogen-bond donors (Lipinski definition) is 1. The molecule has 1 aliphatic carbocycles. The Morgan fingerprint density at radius 3 is 2.94 bits per heavy atom. The Balaban J connectivity index is 0.00000128. The summed E-state index contributed by atoms with van der Waals surface area (Å²) in [7, 11) is 0. The first-order valence-electron chi connectivity index (χ1n) is 5.86. The van der Waals surface area contributed by atoms with E-state index in [9.17, 15) is 4.79 Å². The van der Waals surface area contributed by atoms with E-state index >= 15 is 0 Å². The number of halogens is 1. The van der Waals surface area contributed by atoms with Gasteiger partial charge in [-0.25, -0.2) is 0 Å². The Morgan fingerprint density at radius 1 is 1.56 bits per heavy atom. The molecule has 0 aromatic rings. The van der Waals surface area contributed by atoms with Gasteiger partial charge in [0, 0.05) is 32.3 Å². The number of hydrogen-bond acceptors (Lipinski definition) is 3. The minimum absolute atomic E-state index is 0. The molecule has 1 aliphatic heterocycles. The highest BCUT2D eigenvalue weighted by Gasteiger charge is 2.46. The van der Waals surface area contributed by atoms with Crippen LogP contribution in [0.4, 0.5) is 0 Å². The van der Waals surface area contributed by atoms with Crippen molar-refractivity contribution < 1.29 is 9.53 Å². The summed E-state index contributed by atoms with van der Waals surface area (Å²) < 4.78 is 5.44. The molecule has 1 saturated carbocycles. The van der Waals surface area contributed by atoms with Crippen LogP contribution in [0.5, 0.6) is 0 Å². The van der Waals surface area contributed by atoms with Crippen LogP contribution in [0.1, 0.15) is 20.3 Å². The summed E-state index contributed by atoms with van der Waals surface area (Å²) in [6, 6.07) is 0.423. The average molecular weight is 249 g/mol. The smallest absolute Gasteiger partial charge is 0.228 e. The van der Waals surface area contributed by atoms with Crippen molar-refractivity contribution in [2.24, 2.45) is 5.92 Å². The number of carbonyl (C=O) groups is 1. The van der Waals surface area contributed by atoms with E-state index in [1.807, 2.05) is 11.8 Å². The lowest BCUT2D eigenvalue weighted by Crippen LogP contribution is -2.52. The highest BCUT2D eigenvalue weighted by molar-refractivity contribution is 5.85. The van der Waals surface area contributed by atoms with Crippen LogP contribution in [0.15, 0.2) is 0 Å². The third-order valence-corrected chi connectivity index (χ3v) is 3.11. The van der Waals surface area contributed by atoms with Gasteiger partial charge in [0.15, 0.2) is 0 Å². The Bertz CT molecular complexity index is 250. The molecule has 2 rings (SSSR count). The molecule has 16 heavy (non-hydrogen) atoms. The number of carbonyl (C=O) groups excluding carboxylic acids is 1. The van der Waals surface area contributed by atoms with Gasteiger partial charge >= 0.3 is 0 Å². The van der Waals surface area contributed by atoms with E-state index in [1.54, 1.807) is 0 Å². The molecule has 1 saturated heterocycles. The third kappa shape index (κ3) is 3.09. The topological polar surface area (TPSA) is 41.6 Å². The van der Waals surface area contributed by atoms with Crippen molar-refractivity contribution >= 4 is 18.3 Å². The average Bonchev–Trinajstić information content (AvgIpc) is 2.97. The molecule has 0 aromatic carbocycles. The lowest BCUT2D eigenvalue weighted by atomic mass is 10.2. The highest BCUT2D eigenvalue weighted by Crippen LogP contribution is 2.35. The van der Waals surface area contributed by atoms with E-state index < -0.39 is 0 Å². The molecule has 1 amide bonds. The second-order valence-corrected chi connectivity index (χ2v) is 4.48. The van der Waals surface area contributed by atoms with Gasteiger partial charge in [-0.2, -0.15) is 0 Å². The molecule has 5 heteroatoms. The number of rotatable bonds is 3. The van der Waals surface area contributed by atoms with Gasteiger partial charge in [0.1, 0.15) is 0 Å². The molecule has 1 heterocycles. The number of piperazine rings is 1. The largest absolute Gasteiger partial charge is 0.378 e. The van der Waals surface area contributed by atoms with Crippen LogP contribution in [-0.4, -0.2) is 49.2 Å². The molecule has 1 N–H and O–H groups in total. The summed E-state index contributed by atoms with van der Waals surface area (Å²) in [5.41, 5.74) is 0. The molecule has 0 bridgehead atoms. The number of nitrogens with zero attached hydrogens (tertiary/aromatic N) is 1. The molecule has 0 spiro atoms. The van der Waals surface area contributed by atoms with Crippen LogP contribution in [0, 0.1) is 5.92 Å². The molecule has 94 valence electrons. The second-order valence-electron chi connectivity index (χ2n) is 4.48. The predicted molar refractivity (Wildman–Crippen MR) is 64.8 cm³/mol. The zero-order valence-corrected chi connectivity index (χ0v) is 10.8. The van der Waals surface area contributed by atoms with E-state index in [-0.39, 0.29) is 24.4 Å². The van der Waals surface area contributed by atoms with Crippen molar-refractivity contribution in [1.82, 2.24) is 10.2 Å². The summed E-state index contributed by atoms with van der Waals surface area (Å²) in [6.45, 7) is 7.41. The summed E-state index contributed by atoms with van der Waals surface area (Å²) in [5, 5.41) is 3.34. The van der Waals surface area contributed by atoms with E-state index in [1.165, 1.54) is 0 Å². The van der Waals surface area contributed by atoms with Gasteiger partial charge < -0.3 is 15.0 Å². The maximum atomic E-state index is 12.0. The van der Waals surface area contributed by atoms with Gasteiger partial charge in [-0.1, -0.05) is 0 Å². The molecule has 3 unspecified atom stereocenters. The number of nitrogens with one attached hydrogen (secondary N) is 1. The first-order chi connectivity index (χ1) is 7.22. The van der Waals surface area contributed by atoms with Gasteiger partial charge in [-0.05, 0) is 20.3 Å². The van der Waals surface area contributed by atoms with E-state index in [4.69, 9.17) is 4.74 Å². The quantitative estimate of drug-likeness (QED) is 0.798. The van der Waals surface area contributed by atoms with E-state index in [0.29, 0.717) is 18.6 Å². The lowest BCUT2D eigenvalue weighted by Gasteiger charge is -2.32. The van der Waals surface area contributed by atoms with E-state index in [2.05, 4.69) is 12.2 Å². The second kappa shape index (κ2) is 5.84. The van der Waals surface area contributed by atoms with Crippen LogP contribution in [-0.2, 0) is 9.53 Å². The molecule has 0 aromatic heterocycles. The molecular formula is C11H21ClN2O2. The SMILES string of the molecule is CCOC1CC1C(=O)N1CCNC(C)C1.Cl. The summed E-state index contributed by atoms with van der Waals surface area (Å²) in [4.78, 5) is 14.0. The Morgan fingerprint density at radius 2 is 2.31 bits per heavy atom. The summed E-state index contributed by atoms with van der Waals surface area (Å²) in [6.07, 6.45) is 1.12. The molecule has 0 radical (unpaired) electrons.